The summed E-state index contributed by atoms with van der Waals surface area (Å²) in [5, 5.41) is 8.61. The van der Waals surface area contributed by atoms with Crippen LogP contribution in [0, 0.1) is 0 Å². The van der Waals surface area contributed by atoms with Gasteiger partial charge in [0.15, 0.2) is 0 Å². The quantitative estimate of drug-likeness (QED) is 0.251. The zero-order valence-electron chi connectivity index (χ0n) is 17.0. The second-order valence-corrected chi connectivity index (χ2v) is 8.45. The maximum Gasteiger partial charge on any atom is 0.211 e. The maximum atomic E-state index is 11.5. The van der Waals surface area contributed by atoms with Crippen molar-refractivity contribution in [2.45, 2.75) is 71.1 Å². The molecule has 0 fully saturated rings. The number of hydrogen-bond acceptors (Lipinski definition) is 3. The van der Waals surface area contributed by atoms with E-state index in [0.29, 0.717) is 6.42 Å². The summed E-state index contributed by atoms with van der Waals surface area (Å²) in [6, 6.07) is 0. The van der Waals surface area contributed by atoms with Crippen molar-refractivity contribution >= 4 is 10.0 Å². The molecule has 0 saturated carbocycles. The Hall–Kier alpha value is -1.17. The van der Waals surface area contributed by atoms with Gasteiger partial charge in [-0.2, -0.15) is 0 Å². The van der Waals surface area contributed by atoms with Crippen LogP contribution in [0.2, 0.25) is 0 Å². The van der Waals surface area contributed by atoms with Crippen LogP contribution in [0.15, 0.2) is 48.6 Å². The topological polar surface area (TPSA) is 66.4 Å². The molecule has 0 rings (SSSR count). The molecule has 5 heteroatoms. The highest BCUT2D eigenvalue weighted by atomic mass is 32.2. The van der Waals surface area contributed by atoms with Crippen LogP contribution in [0.4, 0.5) is 0 Å². The van der Waals surface area contributed by atoms with Crippen molar-refractivity contribution < 1.29 is 13.5 Å². The third-order valence-corrected chi connectivity index (χ3v) is 5.40. The van der Waals surface area contributed by atoms with E-state index in [1.165, 1.54) is 25.7 Å². The Bertz CT molecular complexity index is 534. The van der Waals surface area contributed by atoms with Crippen molar-refractivity contribution in [3.05, 3.63) is 48.6 Å². The van der Waals surface area contributed by atoms with E-state index < -0.39 is 10.0 Å². The summed E-state index contributed by atoms with van der Waals surface area (Å²) >= 11 is 0. The van der Waals surface area contributed by atoms with Gasteiger partial charge in [0.25, 0.3) is 0 Å². The van der Waals surface area contributed by atoms with Crippen molar-refractivity contribution in [3.8, 4) is 0 Å². The Morgan fingerprint density at radius 2 is 1.22 bits per heavy atom. The number of sulfonamides is 1. The molecule has 0 heterocycles. The largest absolute Gasteiger partial charge is 0.395 e. The van der Waals surface area contributed by atoms with Crippen LogP contribution in [0.1, 0.15) is 71.1 Å². The Morgan fingerprint density at radius 1 is 0.741 bits per heavy atom. The summed E-state index contributed by atoms with van der Waals surface area (Å²) < 4.78 is 25.4. The Balaban J connectivity index is 3.54. The number of aliphatic hydroxyl groups excluding tert-OH is 1. The predicted molar refractivity (Wildman–Crippen MR) is 117 cm³/mol. The molecule has 0 radical (unpaired) electrons. The lowest BCUT2D eigenvalue weighted by molar-refractivity contribution is 0.301. The number of hydrogen-bond donors (Lipinski definition) is 2. The number of aliphatic hydroxyl groups is 1. The highest BCUT2D eigenvalue weighted by molar-refractivity contribution is 7.89. The lowest BCUT2D eigenvalue weighted by atomic mass is 10.2. The number of nitrogens with one attached hydrogen (secondary N) is 1. The van der Waals surface area contributed by atoms with E-state index in [9.17, 15) is 8.42 Å². The average molecular weight is 398 g/mol. The van der Waals surface area contributed by atoms with E-state index in [2.05, 4.69) is 60.3 Å². The molecule has 0 aromatic rings. The van der Waals surface area contributed by atoms with Gasteiger partial charge in [0, 0.05) is 6.54 Å². The molecule has 0 aromatic heterocycles. The molecule has 0 unspecified atom stereocenters. The molecule has 27 heavy (non-hydrogen) atoms. The molecule has 156 valence electrons. The monoisotopic (exact) mass is 397 g/mol. The minimum atomic E-state index is -3.22. The smallest absolute Gasteiger partial charge is 0.211 e. The van der Waals surface area contributed by atoms with Crippen LogP contribution in [0.25, 0.3) is 0 Å². The van der Waals surface area contributed by atoms with E-state index in [4.69, 9.17) is 5.11 Å². The van der Waals surface area contributed by atoms with Crippen molar-refractivity contribution in [3.63, 3.8) is 0 Å². The zero-order valence-corrected chi connectivity index (χ0v) is 17.8. The highest BCUT2D eigenvalue weighted by Gasteiger charge is 2.07. The van der Waals surface area contributed by atoms with Crippen molar-refractivity contribution in [2.24, 2.45) is 0 Å². The van der Waals surface area contributed by atoms with Crippen LogP contribution in [0.3, 0.4) is 0 Å². The van der Waals surface area contributed by atoms with E-state index in [1.54, 1.807) is 0 Å². The Labute approximate surface area is 167 Å². The fourth-order valence-electron chi connectivity index (χ4n) is 2.39. The van der Waals surface area contributed by atoms with Gasteiger partial charge in [0.05, 0.1) is 12.4 Å². The van der Waals surface area contributed by atoms with Crippen molar-refractivity contribution in [2.75, 3.05) is 18.9 Å². The first kappa shape index (κ1) is 25.8. The van der Waals surface area contributed by atoms with Gasteiger partial charge in [-0.15, -0.1) is 0 Å². The maximum absolute atomic E-state index is 11.5. The summed E-state index contributed by atoms with van der Waals surface area (Å²) in [7, 11) is -3.22. The van der Waals surface area contributed by atoms with Gasteiger partial charge < -0.3 is 5.11 Å². The van der Waals surface area contributed by atoms with Crippen LogP contribution in [0.5, 0.6) is 0 Å². The SMILES string of the molecule is CCCCC/C=C\C/C=C\C/C=C\C/C=C\CCCCS(=O)(=O)NCCO. The highest BCUT2D eigenvalue weighted by Crippen LogP contribution is 2.02. The summed E-state index contributed by atoms with van der Waals surface area (Å²) in [6.07, 6.45) is 27.9. The van der Waals surface area contributed by atoms with Gasteiger partial charge in [-0.3, -0.25) is 0 Å². The number of allylic oxidation sites excluding steroid dienone is 8. The van der Waals surface area contributed by atoms with Crippen molar-refractivity contribution in [1.82, 2.24) is 4.72 Å². The van der Waals surface area contributed by atoms with Gasteiger partial charge in [-0.25, -0.2) is 13.1 Å². The zero-order chi connectivity index (χ0) is 20.1. The Morgan fingerprint density at radius 3 is 1.70 bits per heavy atom. The molecule has 0 spiro atoms. The molecular weight excluding hydrogens is 358 g/mol. The second-order valence-electron chi connectivity index (χ2n) is 6.52. The molecule has 0 amide bonds. The molecule has 0 saturated heterocycles. The fraction of sp³-hybridized carbons (Fsp3) is 0.636. The number of unbranched alkanes of at least 4 members (excludes halogenated alkanes) is 5. The van der Waals surface area contributed by atoms with E-state index in [1.807, 2.05) is 0 Å². The first-order valence-corrected chi connectivity index (χ1v) is 12.0. The van der Waals surface area contributed by atoms with Crippen molar-refractivity contribution in [1.29, 1.82) is 0 Å². The molecule has 0 aromatic carbocycles. The van der Waals surface area contributed by atoms with E-state index >= 15 is 0 Å². The van der Waals surface area contributed by atoms with Gasteiger partial charge >= 0.3 is 0 Å². The number of rotatable bonds is 18. The molecule has 0 aliphatic rings. The summed E-state index contributed by atoms with van der Waals surface area (Å²) in [4.78, 5) is 0. The fourth-order valence-corrected chi connectivity index (χ4v) is 3.52. The standard InChI is InChI=1S/C22H39NO3S/c1-2-3-4-5-6-7-8-9-10-11-12-13-14-15-16-17-18-19-22-27(25,26)23-20-21-24/h6-7,9-10,12-13,15-16,23-24H,2-5,8,11,14,17-22H2,1H3/b7-6-,10-9-,13-12-,16-15-. The molecule has 0 aliphatic heterocycles. The predicted octanol–water partition coefficient (Wildman–Crippen LogP) is 5.04. The van der Waals surface area contributed by atoms with Gasteiger partial charge in [-0.1, -0.05) is 68.4 Å². The average Bonchev–Trinajstić information content (AvgIpc) is 2.65. The van der Waals surface area contributed by atoms with E-state index in [0.717, 1.165) is 32.1 Å². The van der Waals surface area contributed by atoms with Crippen LogP contribution >= 0.6 is 0 Å². The lowest BCUT2D eigenvalue weighted by Gasteiger charge is -2.03. The molecule has 0 bridgehead atoms. The summed E-state index contributed by atoms with van der Waals surface area (Å²) in [5.41, 5.74) is 0. The first-order valence-electron chi connectivity index (χ1n) is 10.3. The second kappa shape index (κ2) is 19.6. The molecule has 0 atom stereocenters. The molecule has 2 N–H and O–H groups in total. The van der Waals surface area contributed by atoms with Crippen LogP contribution < -0.4 is 4.72 Å². The third kappa shape index (κ3) is 21.0. The Kier molecular flexibility index (Phi) is 18.7. The van der Waals surface area contributed by atoms with Gasteiger partial charge in [0.2, 0.25) is 10.0 Å². The van der Waals surface area contributed by atoms with E-state index in [-0.39, 0.29) is 18.9 Å². The minimum absolute atomic E-state index is 0.0967. The summed E-state index contributed by atoms with van der Waals surface area (Å²) in [5.74, 6) is 0.126. The summed E-state index contributed by atoms with van der Waals surface area (Å²) in [6.45, 7) is 2.16. The molecule has 4 nitrogen and oxygen atoms in total. The molecular formula is C22H39NO3S. The first-order chi connectivity index (χ1) is 13.1. The normalized spacial score (nSPS) is 13.1. The van der Waals surface area contributed by atoms with Gasteiger partial charge in [0.1, 0.15) is 0 Å². The molecule has 0 aliphatic carbocycles. The van der Waals surface area contributed by atoms with Crippen LogP contribution in [-0.4, -0.2) is 32.4 Å². The van der Waals surface area contributed by atoms with Crippen LogP contribution in [-0.2, 0) is 10.0 Å². The van der Waals surface area contributed by atoms with Gasteiger partial charge in [-0.05, 0) is 51.4 Å². The lowest BCUT2D eigenvalue weighted by Crippen LogP contribution is -2.28. The minimum Gasteiger partial charge on any atom is -0.395 e. The third-order valence-electron chi connectivity index (χ3n) is 3.93.